The summed E-state index contributed by atoms with van der Waals surface area (Å²) in [6, 6.07) is 10.4. The van der Waals surface area contributed by atoms with E-state index in [2.05, 4.69) is 19.9 Å². The van der Waals surface area contributed by atoms with Gasteiger partial charge in [0, 0.05) is 6.07 Å². The highest BCUT2D eigenvalue weighted by atomic mass is 16.5. The van der Waals surface area contributed by atoms with Crippen LogP contribution in [0.1, 0.15) is 35.3 Å². The first-order valence-electron chi connectivity index (χ1n) is 8.34. The molecule has 0 saturated heterocycles. The van der Waals surface area contributed by atoms with Gasteiger partial charge in [-0.3, -0.25) is 4.79 Å². The van der Waals surface area contributed by atoms with E-state index in [4.69, 9.17) is 9.47 Å². The molecule has 136 valence electrons. The van der Waals surface area contributed by atoms with Crippen LogP contribution in [0.25, 0.3) is 6.08 Å². The van der Waals surface area contributed by atoms with Gasteiger partial charge in [-0.2, -0.15) is 0 Å². The van der Waals surface area contributed by atoms with E-state index in [0.29, 0.717) is 5.75 Å². The molecule has 0 radical (unpaired) electrons. The van der Waals surface area contributed by atoms with Gasteiger partial charge < -0.3 is 14.6 Å². The highest BCUT2D eigenvalue weighted by molar-refractivity contribution is 6.08. The summed E-state index contributed by atoms with van der Waals surface area (Å²) < 4.78 is 10.4. The first-order valence-corrected chi connectivity index (χ1v) is 8.34. The van der Waals surface area contributed by atoms with E-state index in [9.17, 15) is 9.90 Å². The van der Waals surface area contributed by atoms with Crippen molar-refractivity contribution >= 4 is 11.9 Å². The predicted octanol–water partition coefficient (Wildman–Crippen LogP) is 4.81. The number of allylic oxidation sites excluding steroid dienone is 3. The van der Waals surface area contributed by atoms with Crippen molar-refractivity contribution < 1.29 is 19.4 Å². The lowest BCUT2D eigenvalue weighted by molar-refractivity contribution is 0.104. The monoisotopic (exact) mass is 352 g/mol. The molecule has 1 N–H and O–H groups in total. The van der Waals surface area contributed by atoms with Gasteiger partial charge in [0.05, 0.1) is 19.8 Å². The van der Waals surface area contributed by atoms with E-state index in [1.807, 2.05) is 18.2 Å². The molecule has 2 rings (SSSR count). The predicted molar refractivity (Wildman–Crippen MR) is 104 cm³/mol. The van der Waals surface area contributed by atoms with Crippen molar-refractivity contribution in [3.05, 3.63) is 70.8 Å². The Morgan fingerprint density at radius 3 is 2.46 bits per heavy atom. The third-order valence-electron chi connectivity index (χ3n) is 3.93. The second kappa shape index (κ2) is 8.90. The molecule has 2 aromatic rings. The maximum absolute atomic E-state index is 12.3. The number of phenolic OH excluding ortho intramolecular Hbond substituents is 1. The van der Waals surface area contributed by atoms with Crippen molar-refractivity contribution in [3.8, 4) is 17.2 Å². The normalized spacial score (nSPS) is 10.6. The standard InChI is InChI=1S/C22H24O4/c1-15(2)5-8-17-13-16(7-12-22(17)26-4)6-11-20(23)19-10-9-18(25-3)14-21(19)24/h5-7,9-14,24H,8H2,1-4H3. The van der Waals surface area contributed by atoms with E-state index in [1.54, 1.807) is 25.3 Å². The largest absolute Gasteiger partial charge is 0.507 e. The number of carbonyl (C=O) groups is 1. The van der Waals surface area contributed by atoms with Gasteiger partial charge in [0.2, 0.25) is 0 Å². The van der Waals surface area contributed by atoms with Gasteiger partial charge in [-0.1, -0.05) is 23.8 Å². The third kappa shape index (κ3) is 4.99. The summed E-state index contributed by atoms with van der Waals surface area (Å²) >= 11 is 0. The number of rotatable bonds is 7. The molecule has 0 bridgehead atoms. The molecule has 0 fully saturated rings. The van der Waals surface area contributed by atoms with Crippen LogP contribution in [-0.2, 0) is 6.42 Å². The SMILES string of the molecule is COc1ccc(C(=O)C=Cc2ccc(OC)c(CC=C(C)C)c2)c(O)c1. The van der Waals surface area contributed by atoms with Crippen LogP contribution in [0, 0.1) is 0 Å². The van der Waals surface area contributed by atoms with Crippen LogP contribution in [0.2, 0.25) is 0 Å². The van der Waals surface area contributed by atoms with E-state index < -0.39 is 0 Å². The van der Waals surface area contributed by atoms with Crippen LogP contribution in [0.3, 0.4) is 0 Å². The van der Waals surface area contributed by atoms with Gasteiger partial charge in [-0.05, 0) is 61.7 Å². The van der Waals surface area contributed by atoms with Crippen LogP contribution < -0.4 is 9.47 Å². The summed E-state index contributed by atoms with van der Waals surface area (Å²) in [5, 5.41) is 9.97. The molecule has 4 heteroatoms. The third-order valence-corrected chi connectivity index (χ3v) is 3.93. The Balaban J connectivity index is 2.22. The first kappa shape index (κ1) is 19.3. The first-order chi connectivity index (χ1) is 12.4. The summed E-state index contributed by atoms with van der Waals surface area (Å²) in [6.07, 6.45) is 6.08. The van der Waals surface area contributed by atoms with Gasteiger partial charge >= 0.3 is 0 Å². The molecule has 0 amide bonds. The number of aromatic hydroxyl groups is 1. The Labute approximate surface area is 154 Å². The highest BCUT2D eigenvalue weighted by Crippen LogP contribution is 2.25. The van der Waals surface area contributed by atoms with Gasteiger partial charge in [-0.15, -0.1) is 0 Å². The Bertz CT molecular complexity index is 843. The number of methoxy groups -OCH3 is 2. The average molecular weight is 352 g/mol. The van der Waals surface area contributed by atoms with Crippen molar-refractivity contribution in [1.82, 2.24) is 0 Å². The second-order valence-corrected chi connectivity index (χ2v) is 6.14. The Kier molecular flexibility index (Phi) is 6.61. The summed E-state index contributed by atoms with van der Waals surface area (Å²) in [7, 11) is 3.15. The number of benzene rings is 2. The second-order valence-electron chi connectivity index (χ2n) is 6.14. The van der Waals surface area contributed by atoms with Crippen molar-refractivity contribution in [3.63, 3.8) is 0 Å². The minimum Gasteiger partial charge on any atom is -0.507 e. The van der Waals surface area contributed by atoms with Crippen LogP contribution in [0.4, 0.5) is 0 Å². The maximum Gasteiger partial charge on any atom is 0.189 e. The molecule has 4 nitrogen and oxygen atoms in total. The fraction of sp³-hybridized carbons (Fsp3) is 0.227. The maximum atomic E-state index is 12.3. The molecule has 0 aliphatic rings. The molecule has 0 aliphatic carbocycles. The lowest BCUT2D eigenvalue weighted by Gasteiger charge is -2.08. The van der Waals surface area contributed by atoms with E-state index in [1.165, 1.54) is 24.8 Å². The lowest BCUT2D eigenvalue weighted by Crippen LogP contribution is -1.96. The number of ether oxygens (including phenoxy) is 2. The Hall–Kier alpha value is -3.01. The Morgan fingerprint density at radius 2 is 1.85 bits per heavy atom. The zero-order valence-electron chi connectivity index (χ0n) is 15.6. The van der Waals surface area contributed by atoms with Gasteiger partial charge in [-0.25, -0.2) is 0 Å². The number of phenols is 1. The fourth-order valence-electron chi connectivity index (χ4n) is 2.48. The molecule has 0 aliphatic heterocycles. The smallest absolute Gasteiger partial charge is 0.189 e. The van der Waals surface area contributed by atoms with Crippen molar-refractivity contribution in [2.45, 2.75) is 20.3 Å². The zero-order valence-corrected chi connectivity index (χ0v) is 15.6. The van der Waals surface area contributed by atoms with Crippen LogP contribution in [0.15, 0.2) is 54.1 Å². The van der Waals surface area contributed by atoms with Gasteiger partial charge in [0.15, 0.2) is 5.78 Å². The van der Waals surface area contributed by atoms with E-state index >= 15 is 0 Å². The molecule has 0 aromatic heterocycles. The van der Waals surface area contributed by atoms with E-state index in [0.717, 1.165) is 23.3 Å². The van der Waals surface area contributed by atoms with Crippen molar-refractivity contribution in [2.24, 2.45) is 0 Å². The van der Waals surface area contributed by atoms with Crippen molar-refractivity contribution in [1.29, 1.82) is 0 Å². The highest BCUT2D eigenvalue weighted by Gasteiger charge is 2.09. The minimum absolute atomic E-state index is 0.0991. The fourth-order valence-corrected chi connectivity index (χ4v) is 2.48. The Morgan fingerprint density at radius 1 is 1.08 bits per heavy atom. The summed E-state index contributed by atoms with van der Waals surface area (Å²) in [5.74, 6) is 0.950. The zero-order chi connectivity index (χ0) is 19.1. The number of carbonyl (C=O) groups excluding carboxylic acids is 1. The molecule has 0 spiro atoms. The summed E-state index contributed by atoms with van der Waals surface area (Å²) in [5.41, 5.74) is 3.42. The summed E-state index contributed by atoms with van der Waals surface area (Å²) in [6.45, 7) is 4.10. The van der Waals surface area contributed by atoms with Crippen LogP contribution in [-0.4, -0.2) is 25.1 Å². The van der Waals surface area contributed by atoms with Gasteiger partial charge in [0.25, 0.3) is 0 Å². The molecule has 0 atom stereocenters. The molecule has 2 aromatic carbocycles. The molecule has 0 heterocycles. The molecular weight excluding hydrogens is 328 g/mol. The number of hydrogen-bond donors (Lipinski definition) is 1. The molecule has 0 unspecified atom stereocenters. The lowest BCUT2D eigenvalue weighted by atomic mass is 10.0. The average Bonchev–Trinajstić information content (AvgIpc) is 2.64. The molecular formula is C22H24O4. The van der Waals surface area contributed by atoms with E-state index in [-0.39, 0.29) is 17.1 Å². The minimum atomic E-state index is -0.271. The molecule has 26 heavy (non-hydrogen) atoms. The number of ketones is 1. The quantitative estimate of drug-likeness (QED) is 0.441. The van der Waals surface area contributed by atoms with Crippen LogP contribution in [0.5, 0.6) is 17.2 Å². The van der Waals surface area contributed by atoms with Gasteiger partial charge in [0.1, 0.15) is 17.2 Å². The van der Waals surface area contributed by atoms with Crippen molar-refractivity contribution in [2.75, 3.05) is 14.2 Å². The summed E-state index contributed by atoms with van der Waals surface area (Å²) in [4.78, 5) is 12.3. The topological polar surface area (TPSA) is 55.8 Å². The van der Waals surface area contributed by atoms with Crippen LogP contribution >= 0.6 is 0 Å². The molecule has 0 saturated carbocycles. The number of hydrogen-bond acceptors (Lipinski definition) is 4.